The molecule has 2 N–H and O–H groups in total. The highest BCUT2D eigenvalue weighted by Crippen LogP contribution is 2.23. The average Bonchev–Trinajstić information content (AvgIpc) is 2.50. The summed E-state index contributed by atoms with van der Waals surface area (Å²) in [6.07, 6.45) is 0. The summed E-state index contributed by atoms with van der Waals surface area (Å²) in [5.41, 5.74) is 9.03. The molecule has 0 aliphatic rings. The molecule has 2 aromatic rings. The van der Waals surface area contributed by atoms with E-state index in [2.05, 4.69) is 18.0 Å². The van der Waals surface area contributed by atoms with Crippen molar-refractivity contribution in [1.82, 2.24) is 4.90 Å². The van der Waals surface area contributed by atoms with Gasteiger partial charge < -0.3 is 15.2 Å². The summed E-state index contributed by atoms with van der Waals surface area (Å²) in [6.45, 7) is 1.54. The predicted molar refractivity (Wildman–Crippen MR) is 85.6 cm³/mol. The molecule has 4 heteroatoms. The van der Waals surface area contributed by atoms with Crippen LogP contribution in [0.2, 0.25) is 0 Å². The van der Waals surface area contributed by atoms with Gasteiger partial charge >= 0.3 is 0 Å². The number of rotatable bonds is 6. The van der Waals surface area contributed by atoms with Gasteiger partial charge in [-0.1, -0.05) is 18.2 Å². The molecule has 0 aliphatic carbocycles. The van der Waals surface area contributed by atoms with Crippen LogP contribution in [0.4, 0.5) is 5.69 Å². The van der Waals surface area contributed by atoms with E-state index in [0.29, 0.717) is 0 Å². The molecule has 0 bridgehead atoms. The van der Waals surface area contributed by atoms with Gasteiger partial charge in [0.25, 0.3) is 0 Å². The Morgan fingerprint density at radius 2 is 1.67 bits per heavy atom. The molecule has 0 saturated carbocycles. The predicted octanol–water partition coefficient (Wildman–Crippen LogP) is 2.92. The van der Waals surface area contributed by atoms with Crippen molar-refractivity contribution in [1.29, 1.82) is 0 Å². The minimum atomic E-state index is 0.751. The van der Waals surface area contributed by atoms with Gasteiger partial charge in [-0.3, -0.25) is 4.90 Å². The summed E-state index contributed by atoms with van der Waals surface area (Å²) in [4.78, 5) is 2.20. The van der Waals surface area contributed by atoms with Gasteiger partial charge in [-0.2, -0.15) is 0 Å². The third kappa shape index (κ3) is 3.89. The van der Waals surface area contributed by atoms with Crippen LogP contribution in [0, 0.1) is 0 Å². The summed E-state index contributed by atoms with van der Waals surface area (Å²) in [5.74, 6) is 1.73. The smallest absolute Gasteiger partial charge is 0.123 e. The third-order valence-corrected chi connectivity index (χ3v) is 3.42. The number of hydrogen-bond acceptors (Lipinski definition) is 4. The lowest BCUT2D eigenvalue weighted by molar-refractivity contribution is 0.310. The number of hydrogen-bond donors (Lipinski definition) is 1. The van der Waals surface area contributed by atoms with Gasteiger partial charge in [-0.15, -0.1) is 0 Å². The Bertz CT molecular complexity index is 599. The molecule has 0 atom stereocenters. The first kappa shape index (κ1) is 15.2. The summed E-state index contributed by atoms with van der Waals surface area (Å²) < 4.78 is 10.6. The van der Waals surface area contributed by atoms with E-state index < -0.39 is 0 Å². The van der Waals surface area contributed by atoms with E-state index in [-0.39, 0.29) is 0 Å². The Hall–Kier alpha value is -2.20. The van der Waals surface area contributed by atoms with E-state index in [1.807, 2.05) is 36.4 Å². The monoisotopic (exact) mass is 286 g/mol. The standard InChI is InChI=1S/C17H22N2O2/c1-19(11-13-6-4-5-7-17(13)21-3)12-14-10-15(20-2)8-9-16(14)18/h4-10H,11-12,18H2,1-3H3. The van der Waals surface area contributed by atoms with Gasteiger partial charge in [-0.05, 0) is 36.9 Å². The summed E-state index contributed by atoms with van der Waals surface area (Å²) >= 11 is 0. The lowest BCUT2D eigenvalue weighted by Gasteiger charge is -2.19. The molecule has 0 amide bonds. The molecule has 0 unspecified atom stereocenters. The molecule has 0 radical (unpaired) electrons. The SMILES string of the molecule is COc1ccc(N)c(CN(C)Cc2ccccc2OC)c1. The number of anilines is 1. The number of nitrogen functional groups attached to an aromatic ring is 1. The van der Waals surface area contributed by atoms with Gasteiger partial charge in [-0.25, -0.2) is 0 Å². The van der Waals surface area contributed by atoms with Crippen molar-refractivity contribution >= 4 is 5.69 Å². The zero-order valence-corrected chi connectivity index (χ0v) is 12.8. The number of para-hydroxylation sites is 1. The van der Waals surface area contributed by atoms with E-state index in [0.717, 1.165) is 41.4 Å². The third-order valence-electron chi connectivity index (χ3n) is 3.42. The van der Waals surface area contributed by atoms with Crippen LogP contribution >= 0.6 is 0 Å². The molecular formula is C17H22N2O2. The second-order valence-corrected chi connectivity index (χ2v) is 5.05. The molecule has 21 heavy (non-hydrogen) atoms. The van der Waals surface area contributed by atoms with Gasteiger partial charge in [0, 0.05) is 24.3 Å². The molecule has 2 rings (SSSR count). The van der Waals surface area contributed by atoms with Crippen molar-refractivity contribution in [3.63, 3.8) is 0 Å². The lowest BCUT2D eigenvalue weighted by Crippen LogP contribution is -2.18. The minimum Gasteiger partial charge on any atom is -0.497 e. The zero-order chi connectivity index (χ0) is 15.2. The second-order valence-electron chi connectivity index (χ2n) is 5.05. The number of nitrogens with zero attached hydrogens (tertiary/aromatic N) is 1. The first-order chi connectivity index (χ1) is 10.1. The van der Waals surface area contributed by atoms with E-state index in [1.54, 1.807) is 14.2 Å². The van der Waals surface area contributed by atoms with Crippen LogP contribution in [0.3, 0.4) is 0 Å². The van der Waals surface area contributed by atoms with Crippen molar-refractivity contribution in [2.24, 2.45) is 0 Å². The molecule has 0 aliphatic heterocycles. The van der Waals surface area contributed by atoms with Gasteiger partial charge in [0.1, 0.15) is 11.5 Å². The molecule has 0 aromatic heterocycles. The molecule has 0 saturated heterocycles. The lowest BCUT2D eigenvalue weighted by atomic mass is 10.1. The fourth-order valence-corrected chi connectivity index (χ4v) is 2.32. The van der Waals surface area contributed by atoms with Gasteiger partial charge in [0.2, 0.25) is 0 Å². The molecule has 0 spiro atoms. The Labute approximate surface area is 126 Å². The highest BCUT2D eigenvalue weighted by atomic mass is 16.5. The summed E-state index contributed by atoms with van der Waals surface area (Å²) in [6, 6.07) is 13.8. The van der Waals surface area contributed by atoms with Crippen LogP contribution in [-0.4, -0.2) is 26.2 Å². The van der Waals surface area contributed by atoms with Crippen LogP contribution in [0.1, 0.15) is 11.1 Å². The molecule has 112 valence electrons. The van der Waals surface area contributed by atoms with Gasteiger partial charge in [0.05, 0.1) is 14.2 Å². The number of ether oxygens (including phenoxy) is 2. The first-order valence-electron chi connectivity index (χ1n) is 6.87. The van der Waals surface area contributed by atoms with Crippen LogP contribution in [0.15, 0.2) is 42.5 Å². The van der Waals surface area contributed by atoms with E-state index in [4.69, 9.17) is 15.2 Å². The highest BCUT2D eigenvalue weighted by molar-refractivity contribution is 5.50. The molecular weight excluding hydrogens is 264 g/mol. The van der Waals surface area contributed by atoms with Gasteiger partial charge in [0.15, 0.2) is 0 Å². The van der Waals surface area contributed by atoms with Crippen LogP contribution in [0.25, 0.3) is 0 Å². The Morgan fingerprint density at radius 1 is 0.952 bits per heavy atom. The fraction of sp³-hybridized carbons (Fsp3) is 0.294. The van der Waals surface area contributed by atoms with E-state index in [9.17, 15) is 0 Å². The molecule has 0 heterocycles. The Morgan fingerprint density at radius 3 is 2.38 bits per heavy atom. The Kier molecular flexibility index (Phi) is 5.06. The van der Waals surface area contributed by atoms with Crippen molar-refractivity contribution in [2.75, 3.05) is 27.0 Å². The number of benzene rings is 2. The largest absolute Gasteiger partial charge is 0.497 e. The van der Waals surface area contributed by atoms with Crippen molar-refractivity contribution < 1.29 is 9.47 Å². The molecule has 4 nitrogen and oxygen atoms in total. The maximum absolute atomic E-state index is 6.03. The zero-order valence-electron chi connectivity index (χ0n) is 12.8. The maximum Gasteiger partial charge on any atom is 0.123 e. The molecule has 0 fully saturated rings. The van der Waals surface area contributed by atoms with Crippen LogP contribution in [-0.2, 0) is 13.1 Å². The van der Waals surface area contributed by atoms with Crippen LogP contribution < -0.4 is 15.2 Å². The number of nitrogens with two attached hydrogens (primary N) is 1. The average molecular weight is 286 g/mol. The topological polar surface area (TPSA) is 47.7 Å². The maximum atomic E-state index is 6.03. The van der Waals surface area contributed by atoms with Crippen molar-refractivity contribution in [3.05, 3.63) is 53.6 Å². The van der Waals surface area contributed by atoms with E-state index in [1.165, 1.54) is 0 Å². The fourth-order valence-electron chi connectivity index (χ4n) is 2.32. The number of methoxy groups -OCH3 is 2. The molecule has 2 aromatic carbocycles. The van der Waals surface area contributed by atoms with E-state index >= 15 is 0 Å². The summed E-state index contributed by atoms with van der Waals surface area (Å²) in [5, 5.41) is 0. The van der Waals surface area contributed by atoms with Crippen molar-refractivity contribution in [3.8, 4) is 11.5 Å². The first-order valence-corrected chi connectivity index (χ1v) is 6.87. The normalized spacial score (nSPS) is 10.7. The quantitative estimate of drug-likeness (QED) is 0.829. The Balaban J connectivity index is 2.09. The van der Waals surface area contributed by atoms with Crippen LogP contribution in [0.5, 0.6) is 11.5 Å². The minimum absolute atomic E-state index is 0.751. The highest BCUT2D eigenvalue weighted by Gasteiger charge is 2.09. The second kappa shape index (κ2) is 6.99. The van der Waals surface area contributed by atoms with Crippen molar-refractivity contribution in [2.45, 2.75) is 13.1 Å². The summed E-state index contributed by atoms with van der Waals surface area (Å²) in [7, 11) is 5.41.